The number of imidazole rings is 1. The van der Waals surface area contributed by atoms with Crippen LogP contribution in [0.1, 0.15) is 11.4 Å². The zero-order valence-electron chi connectivity index (χ0n) is 15.7. The van der Waals surface area contributed by atoms with E-state index in [1.165, 1.54) is 24.3 Å². The summed E-state index contributed by atoms with van der Waals surface area (Å²) in [4.78, 5) is 7.55. The van der Waals surface area contributed by atoms with Gasteiger partial charge in [0, 0.05) is 12.0 Å². The lowest BCUT2D eigenvalue weighted by atomic mass is 10.0. The molecular weight excluding hydrogens is 405 g/mol. The Balaban J connectivity index is 1.53. The van der Waals surface area contributed by atoms with Gasteiger partial charge < -0.3 is 10.1 Å². The number of aromatic nitrogens is 2. The molecule has 0 amide bonds. The summed E-state index contributed by atoms with van der Waals surface area (Å²) >= 11 is 0. The van der Waals surface area contributed by atoms with Crippen LogP contribution in [0.15, 0.2) is 77.8 Å². The molecule has 0 fully saturated rings. The molecule has 4 rings (SSSR count). The van der Waals surface area contributed by atoms with E-state index in [2.05, 4.69) is 9.97 Å². The van der Waals surface area contributed by atoms with Gasteiger partial charge in [0.25, 0.3) is 0 Å². The molecule has 0 spiro atoms. The zero-order valence-corrected chi connectivity index (χ0v) is 16.5. The summed E-state index contributed by atoms with van der Waals surface area (Å²) in [6, 6.07) is 17.5. The fourth-order valence-electron chi connectivity index (χ4n) is 3.14. The van der Waals surface area contributed by atoms with Crippen LogP contribution >= 0.6 is 0 Å². The standard InChI is InChI=1S/C22H18FN3O3S/c23-18-7-3-14(4-8-18)16-1-2-17(21(27)11-16)12-22-25-13-20(26-22)15-5-9-19(10-6-15)30(24,28)29/h1-11,13,27H,12H2,(H,25,26)(H2,24,28,29). The lowest BCUT2D eigenvalue weighted by Gasteiger charge is -2.07. The normalized spacial score (nSPS) is 11.5. The van der Waals surface area contributed by atoms with Gasteiger partial charge in [-0.15, -0.1) is 0 Å². The van der Waals surface area contributed by atoms with Crippen molar-refractivity contribution in [2.75, 3.05) is 0 Å². The van der Waals surface area contributed by atoms with E-state index in [0.29, 0.717) is 23.5 Å². The van der Waals surface area contributed by atoms with Crippen LogP contribution in [0.4, 0.5) is 4.39 Å². The minimum atomic E-state index is -3.74. The monoisotopic (exact) mass is 423 g/mol. The topological polar surface area (TPSA) is 109 Å². The number of sulfonamides is 1. The average molecular weight is 423 g/mol. The molecule has 0 bridgehead atoms. The van der Waals surface area contributed by atoms with Crippen LogP contribution in [0.25, 0.3) is 22.4 Å². The third-order valence-electron chi connectivity index (χ3n) is 4.74. The Morgan fingerprint density at radius 1 is 0.933 bits per heavy atom. The number of aromatic amines is 1. The third-order valence-corrected chi connectivity index (χ3v) is 5.67. The van der Waals surface area contributed by atoms with Crippen molar-refractivity contribution < 1.29 is 17.9 Å². The first-order valence-electron chi connectivity index (χ1n) is 9.04. The Morgan fingerprint density at radius 3 is 2.20 bits per heavy atom. The summed E-state index contributed by atoms with van der Waals surface area (Å²) in [5, 5.41) is 15.5. The number of aromatic hydroxyl groups is 1. The second-order valence-corrected chi connectivity index (χ2v) is 8.40. The Morgan fingerprint density at radius 2 is 1.57 bits per heavy atom. The first kappa shape index (κ1) is 19.8. The molecule has 0 aliphatic rings. The molecule has 30 heavy (non-hydrogen) atoms. The van der Waals surface area contributed by atoms with Crippen LogP contribution in [0.5, 0.6) is 5.75 Å². The van der Waals surface area contributed by atoms with Crippen molar-refractivity contribution in [3.63, 3.8) is 0 Å². The van der Waals surface area contributed by atoms with Crippen LogP contribution in [-0.2, 0) is 16.4 Å². The summed E-state index contributed by atoms with van der Waals surface area (Å²) in [6.07, 6.45) is 2.02. The highest BCUT2D eigenvalue weighted by molar-refractivity contribution is 7.89. The maximum absolute atomic E-state index is 13.1. The van der Waals surface area contributed by atoms with Gasteiger partial charge in [-0.25, -0.2) is 22.9 Å². The number of H-pyrrole nitrogens is 1. The molecule has 3 aromatic carbocycles. The Labute approximate surface area is 172 Å². The Kier molecular flexibility index (Phi) is 5.11. The summed E-state index contributed by atoms with van der Waals surface area (Å²) in [5.41, 5.74) is 3.75. The van der Waals surface area contributed by atoms with Gasteiger partial charge in [0.15, 0.2) is 0 Å². The lowest BCUT2D eigenvalue weighted by molar-refractivity contribution is 0.469. The van der Waals surface area contributed by atoms with E-state index in [1.807, 2.05) is 6.07 Å². The number of halogens is 1. The van der Waals surface area contributed by atoms with Crippen molar-refractivity contribution in [2.24, 2.45) is 5.14 Å². The van der Waals surface area contributed by atoms with Gasteiger partial charge in [0.05, 0.1) is 16.8 Å². The maximum Gasteiger partial charge on any atom is 0.238 e. The first-order chi connectivity index (χ1) is 14.3. The van der Waals surface area contributed by atoms with Gasteiger partial charge in [0.1, 0.15) is 17.4 Å². The second kappa shape index (κ2) is 7.74. The highest BCUT2D eigenvalue weighted by Gasteiger charge is 2.11. The van der Waals surface area contributed by atoms with E-state index in [4.69, 9.17) is 5.14 Å². The number of nitrogens with one attached hydrogen (secondary N) is 1. The van der Waals surface area contributed by atoms with Crippen molar-refractivity contribution in [1.29, 1.82) is 0 Å². The van der Waals surface area contributed by atoms with Crippen molar-refractivity contribution >= 4 is 10.0 Å². The maximum atomic E-state index is 13.1. The average Bonchev–Trinajstić information content (AvgIpc) is 3.18. The predicted molar refractivity (Wildman–Crippen MR) is 112 cm³/mol. The highest BCUT2D eigenvalue weighted by Crippen LogP contribution is 2.28. The molecule has 0 aliphatic heterocycles. The number of hydrogen-bond donors (Lipinski definition) is 3. The van der Waals surface area contributed by atoms with Crippen LogP contribution in [0.3, 0.4) is 0 Å². The Bertz CT molecular complexity index is 1300. The molecule has 0 radical (unpaired) electrons. The van der Waals surface area contributed by atoms with Crippen molar-refractivity contribution in [2.45, 2.75) is 11.3 Å². The van der Waals surface area contributed by atoms with Gasteiger partial charge in [-0.05, 0) is 47.0 Å². The van der Waals surface area contributed by atoms with Gasteiger partial charge in [-0.1, -0.05) is 36.4 Å². The highest BCUT2D eigenvalue weighted by atomic mass is 32.2. The van der Waals surface area contributed by atoms with Crippen molar-refractivity contribution in [3.8, 4) is 28.1 Å². The van der Waals surface area contributed by atoms with Gasteiger partial charge in [0.2, 0.25) is 10.0 Å². The van der Waals surface area contributed by atoms with Crippen LogP contribution in [0, 0.1) is 5.82 Å². The number of phenolic OH excluding ortho intramolecular Hbond substituents is 1. The lowest BCUT2D eigenvalue weighted by Crippen LogP contribution is -2.11. The molecule has 4 N–H and O–H groups in total. The first-order valence-corrected chi connectivity index (χ1v) is 10.6. The summed E-state index contributed by atoms with van der Waals surface area (Å²) in [5.74, 6) is 0.449. The van der Waals surface area contributed by atoms with Gasteiger partial charge >= 0.3 is 0 Å². The second-order valence-electron chi connectivity index (χ2n) is 6.84. The molecule has 1 heterocycles. The third kappa shape index (κ3) is 4.24. The predicted octanol–water partition coefficient (Wildman–Crippen LogP) is 3.83. The smallest absolute Gasteiger partial charge is 0.238 e. The molecule has 152 valence electrons. The molecule has 6 nitrogen and oxygen atoms in total. The van der Waals surface area contributed by atoms with Crippen LogP contribution in [-0.4, -0.2) is 23.5 Å². The molecule has 1 aromatic heterocycles. The minimum Gasteiger partial charge on any atom is -0.508 e. The zero-order chi connectivity index (χ0) is 21.3. The van der Waals surface area contributed by atoms with E-state index >= 15 is 0 Å². The quantitative estimate of drug-likeness (QED) is 0.453. The fraction of sp³-hybridized carbons (Fsp3) is 0.0455. The fourth-order valence-corrected chi connectivity index (χ4v) is 3.65. The Hall–Kier alpha value is -3.49. The van der Waals surface area contributed by atoms with E-state index in [1.54, 1.807) is 42.6 Å². The largest absolute Gasteiger partial charge is 0.508 e. The van der Waals surface area contributed by atoms with Gasteiger partial charge in [-0.3, -0.25) is 0 Å². The molecule has 0 unspecified atom stereocenters. The molecule has 0 saturated heterocycles. The molecule has 0 atom stereocenters. The summed E-state index contributed by atoms with van der Waals surface area (Å²) < 4.78 is 35.8. The van der Waals surface area contributed by atoms with E-state index in [0.717, 1.165) is 16.7 Å². The number of primary sulfonamides is 1. The van der Waals surface area contributed by atoms with Crippen LogP contribution in [0.2, 0.25) is 0 Å². The SMILES string of the molecule is NS(=O)(=O)c1ccc(-c2cnc(Cc3ccc(-c4ccc(F)cc4)cc3O)[nH]2)cc1. The number of benzene rings is 3. The molecule has 8 heteroatoms. The molecular formula is C22H18FN3O3S. The minimum absolute atomic E-state index is 0.0390. The van der Waals surface area contributed by atoms with E-state index in [9.17, 15) is 17.9 Å². The molecule has 4 aromatic rings. The summed E-state index contributed by atoms with van der Waals surface area (Å²) in [6.45, 7) is 0. The molecule has 0 aliphatic carbocycles. The van der Waals surface area contributed by atoms with Crippen molar-refractivity contribution in [1.82, 2.24) is 9.97 Å². The number of rotatable bonds is 5. The van der Waals surface area contributed by atoms with E-state index < -0.39 is 10.0 Å². The molecule has 0 saturated carbocycles. The van der Waals surface area contributed by atoms with Gasteiger partial charge in [-0.2, -0.15) is 0 Å². The van der Waals surface area contributed by atoms with E-state index in [-0.39, 0.29) is 16.5 Å². The number of hydrogen-bond acceptors (Lipinski definition) is 4. The number of nitrogens with zero attached hydrogens (tertiary/aromatic N) is 1. The number of phenols is 1. The van der Waals surface area contributed by atoms with Crippen molar-refractivity contribution in [3.05, 3.63) is 90.1 Å². The summed E-state index contributed by atoms with van der Waals surface area (Å²) in [7, 11) is -3.74. The number of nitrogens with two attached hydrogens (primary N) is 1. The van der Waals surface area contributed by atoms with Crippen LogP contribution < -0.4 is 5.14 Å².